The minimum absolute atomic E-state index is 0.132. The second-order valence-electron chi connectivity index (χ2n) is 4.24. The summed E-state index contributed by atoms with van der Waals surface area (Å²) in [6.07, 6.45) is 1.46. The number of benzene rings is 1. The van der Waals surface area contributed by atoms with E-state index in [1.807, 2.05) is 25.2 Å². The summed E-state index contributed by atoms with van der Waals surface area (Å²) in [5, 5.41) is 10.5. The maximum Gasteiger partial charge on any atom is 0.231 e. The molecular weight excluding hydrogens is 244 g/mol. The molecular formula is C13H14N4O2. The predicted octanol–water partition coefficient (Wildman–Crippen LogP) is 1.40. The van der Waals surface area contributed by atoms with Gasteiger partial charge in [0.1, 0.15) is 12.1 Å². The van der Waals surface area contributed by atoms with Gasteiger partial charge in [-0.25, -0.2) is 0 Å². The Balaban J connectivity index is 2.30. The molecule has 0 aliphatic carbocycles. The van der Waals surface area contributed by atoms with E-state index in [2.05, 4.69) is 15.5 Å². The van der Waals surface area contributed by atoms with Crippen LogP contribution in [0.25, 0.3) is 11.4 Å². The molecule has 1 N–H and O–H groups in total. The van der Waals surface area contributed by atoms with Crippen molar-refractivity contribution in [3.05, 3.63) is 30.6 Å². The van der Waals surface area contributed by atoms with Gasteiger partial charge in [-0.1, -0.05) is 12.1 Å². The lowest BCUT2D eigenvalue weighted by molar-refractivity contribution is -0.124. The van der Waals surface area contributed by atoms with Gasteiger partial charge in [0.15, 0.2) is 5.82 Å². The second kappa shape index (κ2) is 5.43. The van der Waals surface area contributed by atoms with E-state index in [9.17, 15) is 9.59 Å². The van der Waals surface area contributed by atoms with E-state index in [1.165, 1.54) is 6.92 Å². The third-order valence-corrected chi connectivity index (χ3v) is 2.56. The van der Waals surface area contributed by atoms with Crippen LogP contribution in [0.5, 0.6) is 0 Å². The zero-order chi connectivity index (χ0) is 13.8. The Labute approximate surface area is 110 Å². The summed E-state index contributed by atoms with van der Waals surface area (Å²) in [4.78, 5) is 22.6. The number of anilines is 1. The first kappa shape index (κ1) is 12.9. The van der Waals surface area contributed by atoms with Crippen molar-refractivity contribution in [2.45, 2.75) is 13.3 Å². The van der Waals surface area contributed by atoms with Crippen LogP contribution in [-0.4, -0.2) is 26.5 Å². The first-order valence-electron chi connectivity index (χ1n) is 5.80. The van der Waals surface area contributed by atoms with Crippen LogP contribution < -0.4 is 5.32 Å². The van der Waals surface area contributed by atoms with Crippen molar-refractivity contribution in [1.82, 2.24) is 14.8 Å². The van der Waals surface area contributed by atoms with E-state index in [-0.39, 0.29) is 18.1 Å². The van der Waals surface area contributed by atoms with Gasteiger partial charge in [-0.05, 0) is 19.1 Å². The van der Waals surface area contributed by atoms with Crippen LogP contribution in [0.2, 0.25) is 0 Å². The number of carbonyl (C=O) groups is 2. The molecule has 0 radical (unpaired) electrons. The number of hydrogen-bond acceptors (Lipinski definition) is 4. The zero-order valence-electron chi connectivity index (χ0n) is 10.8. The summed E-state index contributed by atoms with van der Waals surface area (Å²) in [5.74, 6) is 0.148. The van der Waals surface area contributed by atoms with Crippen molar-refractivity contribution in [1.29, 1.82) is 0 Å². The molecule has 0 fully saturated rings. The van der Waals surface area contributed by atoms with E-state index in [0.717, 1.165) is 5.56 Å². The quantitative estimate of drug-likeness (QED) is 0.841. The molecule has 0 bridgehead atoms. The number of carbonyl (C=O) groups excluding carboxylic acids is 2. The van der Waals surface area contributed by atoms with E-state index >= 15 is 0 Å². The molecule has 0 saturated heterocycles. The number of nitrogens with zero attached hydrogens (tertiary/aromatic N) is 3. The van der Waals surface area contributed by atoms with Gasteiger partial charge in [0.25, 0.3) is 0 Å². The molecule has 0 spiro atoms. The summed E-state index contributed by atoms with van der Waals surface area (Å²) in [5.41, 5.74) is 1.38. The zero-order valence-corrected chi connectivity index (χ0v) is 10.8. The Kier molecular flexibility index (Phi) is 3.70. The maximum absolute atomic E-state index is 11.7. The minimum Gasteiger partial charge on any atom is -0.325 e. The topological polar surface area (TPSA) is 76.9 Å². The Morgan fingerprint density at radius 2 is 2.05 bits per heavy atom. The van der Waals surface area contributed by atoms with Crippen molar-refractivity contribution in [3.63, 3.8) is 0 Å². The Morgan fingerprint density at radius 1 is 1.32 bits per heavy atom. The molecule has 6 heteroatoms. The standard InChI is InChI=1S/C13H14N4O2/c1-9(18)7-12(19)15-11-6-4-3-5-10(11)13-16-14-8-17(13)2/h3-6,8H,7H2,1-2H3,(H,15,19). The number of amides is 1. The molecule has 0 unspecified atom stereocenters. The lowest BCUT2D eigenvalue weighted by atomic mass is 10.1. The second-order valence-corrected chi connectivity index (χ2v) is 4.24. The third kappa shape index (κ3) is 3.04. The molecule has 19 heavy (non-hydrogen) atoms. The average Bonchev–Trinajstić information content (AvgIpc) is 2.75. The normalized spacial score (nSPS) is 10.2. The highest BCUT2D eigenvalue weighted by Gasteiger charge is 2.12. The summed E-state index contributed by atoms with van der Waals surface area (Å²) < 4.78 is 1.76. The van der Waals surface area contributed by atoms with Crippen molar-refractivity contribution < 1.29 is 9.59 Å². The highest BCUT2D eigenvalue weighted by Crippen LogP contribution is 2.25. The number of ketones is 1. The smallest absolute Gasteiger partial charge is 0.231 e. The first-order chi connectivity index (χ1) is 9.08. The molecule has 0 aliphatic heterocycles. The molecule has 6 nitrogen and oxygen atoms in total. The van der Waals surface area contributed by atoms with E-state index < -0.39 is 0 Å². The van der Waals surface area contributed by atoms with E-state index in [1.54, 1.807) is 17.0 Å². The van der Waals surface area contributed by atoms with Crippen molar-refractivity contribution in [2.75, 3.05) is 5.32 Å². The summed E-state index contributed by atoms with van der Waals surface area (Å²) in [6, 6.07) is 7.27. The fourth-order valence-corrected chi connectivity index (χ4v) is 1.73. The number of nitrogens with one attached hydrogen (secondary N) is 1. The SMILES string of the molecule is CC(=O)CC(=O)Nc1ccccc1-c1nncn1C. The third-order valence-electron chi connectivity index (χ3n) is 2.56. The minimum atomic E-state index is -0.331. The van der Waals surface area contributed by atoms with Crippen molar-refractivity contribution in [2.24, 2.45) is 7.05 Å². The molecule has 1 amide bonds. The van der Waals surface area contributed by atoms with Crippen LogP contribution in [0.1, 0.15) is 13.3 Å². The number of aromatic nitrogens is 3. The van der Waals surface area contributed by atoms with Crippen molar-refractivity contribution in [3.8, 4) is 11.4 Å². The van der Waals surface area contributed by atoms with Crippen LogP contribution in [0, 0.1) is 0 Å². The van der Waals surface area contributed by atoms with Gasteiger partial charge in [0.05, 0.1) is 12.1 Å². The van der Waals surface area contributed by atoms with E-state index in [4.69, 9.17) is 0 Å². The van der Waals surface area contributed by atoms with Crippen LogP contribution in [0.3, 0.4) is 0 Å². The summed E-state index contributed by atoms with van der Waals surface area (Å²) in [6.45, 7) is 1.38. The fourth-order valence-electron chi connectivity index (χ4n) is 1.73. The largest absolute Gasteiger partial charge is 0.325 e. The first-order valence-corrected chi connectivity index (χ1v) is 5.80. The van der Waals surface area contributed by atoms with E-state index in [0.29, 0.717) is 11.5 Å². The molecule has 1 aromatic carbocycles. The molecule has 98 valence electrons. The monoisotopic (exact) mass is 258 g/mol. The molecule has 1 aromatic heterocycles. The predicted molar refractivity (Wildman–Crippen MR) is 70.4 cm³/mol. The molecule has 0 atom stereocenters. The number of hydrogen-bond donors (Lipinski definition) is 1. The fraction of sp³-hybridized carbons (Fsp3) is 0.231. The number of aryl methyl sites for hydroxylation is 1. The number of para-hydroxylation sites is 1. The van der Waals surface area contributed by atoms with Gasteiger partial charge in [-0.15, -0.1) is 10.2 Å². The molecule has 2 aromatic rings. The lowest BCUT2D eigenvalue weighted by Crippen LogP contribution is -2.15. The number of rotatable bonds is 4. The summed E-state index contributed by atoms with van der Waals surface area (Å²) >= 11 is 0. The highest BCUT2D eigenvalue weighted by molar-refractivity contribution is 6.04. The molecule has 2 rings (SSSR count). The Bertz CT molecular complexity index is 619. The van der Waals surface area contributed by atoms with Gasteiger partial charge < -0.3 is 9.88 Å². The molecule has 1 heterocycles. The van der Waals surface area contributed by atoms with Crippen LogP contribution in [-0.2, 0) is 16.6 Å². The molecule has 0 saturated carbocycles. The Hall–Kier alpha value is -2.50. The van der Waals surface area contributed by atoms with Gasteiger partial charge >= 0.3 is 0 Å². The van der Waals surface area contributed by atoms with Crippen molar-refractivity contribution >= 4 is 17.4 Å². The lowest BCUT2D eigenvalue weighted by Gasteiger charge is -2.09. The highest BCUT2D eigenvalue weighted by atomic mass is 16.2. The summed E-state index contributed by atoms with van der Waals surface area (Å²) in [7, 11) is 1.82. The Morgan fingerprint density at radius 3 is 2.68 bits per heavy atom. The van der Waals surface area contributed by atoms with Gasteiger partial charge in [0, 0.05) is 12.6 Å². The van der Waals surface area contributed by atoms with Crippen LogP contribution in [0.15, 0.2) is 30.6 Å². The van der Waals surface area contributed by atoms with Gasteiger partial charge in [-0.3, -0.25) is 9.59 Å². The van der Waals surface area contributed by atoms with Crippen LogP contribution in [0.4, 0.5) is 5.69 Å². The van der Waals surface area contributed by atoms with Gasteiger partial charge in [0.2, 0.25) is 5.91 Å². The van der Waals surface area contributed by atoms with Crippen LogP contribution >= 0.6 is 0 Å². The van der Waals surface area contributed by atoms with Gasteiger partial charge in [-0.2, -0.15) is 0 Å². The number of Topliss-reactive ketones (excluding diaryl/α,β-unsaturated/α-hetero) is 1. The average molecular weight is 258 g/mol. The molecule has 0 aliphatic rings. The maximum atomic E-state index is 11.7.